The molecule has 108 valence electrons. The van der Waals surface area contributed by atoms with Gasteiger partial charge in [0.05, 0.1) is 4.90 Å². The van der Waals surface area contributed by atoms with Crippen molar-refractivity contribution in [2.24, 2.45) is 5.92 Å². The van der Waals surface area contributed by atoms with Crippen LogP contribution in [0.15, 0.2) is 29.2 Å². The highest BCUT2D eigenvalue weighted by molar-refractivity contribution is 7.89. The molecule has 2 aliphatic rings. The predicted molar refractivity (Wildman–Crippen MR) is 76.1 cm³/mol. The van der Waals surface area contributed by atoms with E-state index in [1.54, 1.807) is 28.6 Å². The van der Waals surface area contributed by atoms with E-state index in [0.29, 0.717) is 23.5 Å². The first kappa shape index (κ1) is 13.8. The molecule has 0 atom stereocenters. The highest BCUT2D eigenvalue weighted by atomic mass is 32.2. The van der Waals surface area contributed by atoms with Gasteiger partial charge in [-0.05, 0) is 37.8 Å². The smallest absolute Gasteiger partial charge is 0.243 e. The van der Waals surface area contributed by atoms with Gasteiger partial charge in [-0.15, -0.1) is 0 Å². The van der Waals surface area contributed by atoms with E-state index in [1.807, 2.05) is 0 Å². The molecule has 4 nitrogen and oxygen atoms in total. The van der Waals surface area contributed by atoms with E-state index in [9.17, 15) is 13.2 Å². The van der Waals surface area contributed by atoms with Gasteiger partial charge in [-0.25, -0.2) is 8.42 Å². The van der Waals surface area contributed by atoms with Gasteiger partial charge in [-0.3, -0.25) is 4.79 Å². The fourth-order valence-electron chi connectivity index (χ4n) is 2.63. The Morgan fingerprint density at radius 3 is 2.15 bits per heavy atom. The molecular formula is C15H19NO3S. The Kier molecular flexibility index (Phi) is 3.65. The molecule has 0 radical (unpaired) electrons. The lowest BCUT2D eigenvalue weighted by molar-refractivity contribution is 0.0967. The van der Waals surface area contributed by atoms with Gasteiger partial charge >= 0.3 is 0 Å². The van der Waals surface area contributed by atoms with Gasteiger partial charge in [-0.2, -0.15) is 4.31 Å². The number of hydrogen-bond donors (Lipinski definition) is 0. The van der Waals surface area contributed by atoms with Crippen molar-refractivity contribution in [2.45, 2.75) is 37.0 Å². The molecule has 1 heterocycles. The summed E-state index contributed by atoms with van der Waals surface area (Å²) in [7, 11) is -3.39. The highest BCUT2D eigenvalue weighted by Crippen LogP contribution is 2.33. The fourth-order valence-corrected chi connectivity index (χ4v) is 4.14. The van der Waals surface area contributed by atoms with Crippen LogP contribution in [0, 0.1) is 5.92 Å². The number of carbonyl (C=O) groups excluding carboxylic acids is 1. The van der Waals surface area contributed by atoms with Crippen molar-refractivity contribution in [3.05, 3.63) is 29.8 Å². The van der Waals surface area contributed by atoms with Crippen LogP contribution in [-0.4, -0.2) is 31.6 Å². The molecule has 1 aliphatic heterocycles. The van der Waals surface area contributed by atoms with Gasteiger partial charge in [0.1, 0.15) is 0 Å². The Morgan fingerprint density at radius 2 is 1.60 bits per heavy atom. The fraction of sp³-hybridized carbons (Fsp3) is 0.533. The quantitative estimate of drug-likeness (QED) is 0.801. The Hall–Kier alpha value is -1.20. The number of nitrogens with zero attached hydrogens (tertiary/aromatic N) is 1. The summed E-state index contributed by atoms with van der Waals surface area (Å²) in [6, 6.07) is 6.44. The molecule has 5 heteroatoms. The normalized spacial score (nSPS) is 20.8. The lowest BCUT2D eigenvalue weighted by Crippen LogP contribution is -2.35. The second kappa shape index (κ2) is 5.30. The number of piperidine rings is 1. The maximum absolute atomic E-state index is 12.5. The zero-order chi connectivity index (χ0) is 14.2. The second-order valence-electron chi connectivity index (χ2n) is 5.63. The summed E-state index contributed by atoms with van der Waals surface area (Å²) >= 11 is 0. The number of hydrogen-bond acceptors (Lipinski definition) is 3. The van der Waals surface area contributed by atoms with Crippen LogP contribution in [0.3, 0.4) is 0 Å². The summed E-state index contributed by atoms with van der Waals surface area (Å²) in [5.74, 6) is 0.312. The van der Waals surface area contributed by atoms with Crippen molar-refractivity contribution < 1.29 is 13.2 Å². The highest BCUT2D eigenvalue weighted by Gasteiger charge is 2.31. The van der Waals surface area contributed by atoms with Crippen LogP contribution in [0.1, 0.15) is 42.5 Å². The monoisotopic (exact) mass is 293 g/mol. The number of Topliss-reactive ketones (excluding diaryl/α,β-unsaturated/α-hetero) is 1. The van der Waals surface area contributed by atoms with Crippen molar-refractivity contribution in [1.82, 2.24) is 4.31 Å². The van der Waals surface area contributed by atoms with Gasteiger partial charge in [-0.1, -0.05) is 18.6 Å². The summed E-state index contributed by atoms with van der Waals surface area (Å²) in [6.07, 6.45) is 4.88. The molecule has 0 bridgehead atoms. The Balaban J connectivity index is 1.80. The van der Waals surface area contributed by atoms with Gasteiger partial charge in [0.25, 0.3) is 0 Å². The third-order valence-electron chi connectivity index (χ3n) is 4.04. The molecule has 20 heavy (non-hydrogen) atoms. The zero-order valence-electron chi connectivity index (χ0n) is 11.4. The minimum Gasteiger partial charge on any atom is -0.294 e. The van der Waals surface area contributed by atoms with Crippen LogP contribution >= 0.6 is 0 Å². The predicted octanol–water partition coefficient (Wildman–Crippen LogP) is 2.45. The maximum atomic E-state index is 12.5. The lowest BCUT2D eigenvalue weighted by atomic mass is 10.1. The van der Waals surface area contributed by atoms with Gasteiger partial charge in [0.15, 0.2) is 5.78 Å². The van der Waals surface area contributed by atoms with Crippen molar-refractivity contribution in [3.8, 4) is 0 Å². The SMILES string of the molecule is O=C(c1ccc(S(=O)(=O)N2CCCCC2)cc1)C1CC1. The van der Waals surface area contributed by atoms with E-state index in [4.69, 9.17) is 0 Å². The van der Waals surface area contributed by atoms with Crippen LogP contribution in [0.25, 0.3) is 0 Å². The molecule has 0 spiro atoms. The Bertz CT molecular complexity index is 597. The van der Waals surface area contributed by atoms with E-state index >= 15 is 0 Å². The zero-order valence-corrected chi connectivity index (χ0v) is 12.2. The summed E-state index contributed by atoms with van der Waals surface area (Å²) in [4.78, 5) is 12.2. The third-order valence-corrected chi connectivity index (χ3v) is 5.95. The number of ketones is 1. The van der Waals surface area contributed by atoms with E-state index in [2.05, 4.69) is 0 Å². The van der Waals surface area contributed by atoms with Crippen LogP contribution in [0.2, 0.25) is 0 Å². The maximum Gasteiger partial charge on any atom is 0.243 e. The number of carbonyl (C=O) groups is 1. The second-order valence-corrected chi connectivity index (χ2v) is 7.57. The van der Waals surface area contributed by atoms with E-state index in [1.165, 1.54) is 0 Å². The topological polar surface area (TPSA) is 54.5 Å². The minimum absolute atomic E-state index is 0.145. The van der Waals surface area contributed by atoms with Crippen LogP contribution in [-0.2, 0) is 10.0 Å². The summed E-state index contributed by atoms with van der Waals surface area (Å²) in [5.41, 5.74) is 0.630. The third kappa shape index (κ3) is 2.65. The van der Waals surface area contributed by atoms with Crippen molar-refractivity contribution >= 4 is 15.8 Å². The molecule has 2 fully saturated rings. The van der Waals surface area contributed by atoms with Gasteiger partial charge < -0.3 is 0 Å². The molecule has 1 aromatic rings. The summed E-state index contributed by atoms with van der Waals surface area (Å²) in [5, 5.41) is 0. The number of sulfonamides is 1. The average molecular weight is 293 g/mol. The number of rotatable bonds is 4. The van der Waals surface area contributed by atoms with E-state index in [-0.39, 0.29) is 11.7 Å². The van der Waals surface area contributed by atoms with Crippen molar-refractivity contribution in [3.63, 3.8) is 0 Å². The Morgan fingerprint density at radius 1 is 1.00 bits per heavy atom. The first-order valence-electron chi connectivity index (χ1n) is 7.23. The van der Waals surface area contributed by atoms with Crippen molar-refractivity contribution in [1.29, 1.82) is 0 Å². The van der Waals surface area contributed by atoms with Gasteiger partial charge in [0, 0.05) is 24.6 Å². The molecule has 0 aromatic heterocycles. The number of benzene rings is 1. The molecule has 0 N–H and O–H groups in total. The van der Waals surface area contributed by atoms with Crippen LogP contribution in [0.5, 0.6) is 0 Å². The van der Waals surface area contributed by atoms with Crippen molar-refractivity contribution in [2.75, 3.05) is 13.1 Å². The standard InChI is InChI=1S/C15H19NO3S/c17-15(12-4-5-12)13-6-8-14(9-7-13)20(18,19)16-10-2-1-3-11-16/h6-9,12H,1-5,10-11H2. The van der Waals surface area contributed by atoms with Gasteiger partial charge in [0.2, 0.25) is 10.0 Å². The molecule has 1 aromatic carbocycles. The first-order chi connectivity index (χ1) is 9.59. The molecule has 0 amide bonds. The largest absolute Gasteiger partial charge is 0.294 e. The molecule has 0 unspecified atom stereocenters. The summed E-state index contributed by atoms with van der Waals surface area (Å²) in [6.45, 7) is 1.20. The Labute approximate surface area is 119 Å². The summed E-state index contributed by atoms with van der Waals surface area (Å²) < 4.78 is 26.5. The average Bonchev–Trinajstić information content (AvgIpc) is 3.32. The molecule has 1 aliphatic carbocycles. The van der Waals surface area contributed by atoms with E-state index in [0.717, 1.165) is 32.1 Å². The lowest BCUT2D eigenvalue weighted by Gasteiger charge is -2.25. The molecule has 1 saturated carbocycles. The first-order valence-corrected chi connectivity index (χ1v) is 8.67. The van der Waals surface area contributed by atoms with Crippen LogP contribution < -0.4 is 0 Å². The molecule has 3 rings (SSSR count). The van der Waals surface area contributed by atoms with Crippen LogP contribution in [0.4, 0.5) is 0 Å². The molecular weight excluding hydrogens is 274 g/mol. The minimum atomic E-state index is -3.39. The van der Waals surface area contributed by atoms with E-state index < -0.39 is 10.0 Å². The molecule has 1 saturated heterocycles.